The highest BCUT2D eigenvalue weighted by molar-refractivity contribution is 7.39. The average Bonchev–Trinajstić information content (AvgIpc) is 2.38. The van der Waals surface area contributed by atoms with Crippen LogP contribution in [-0.2, 0) is 4.79 Å². The molecule has 0 spiro atoms. The fourth-order valence-corrected chi connectivity index (χ4v) is 4.94. The highest BCUT2D eigenvalue weighted by atomic mass is 31.1. The standard InChI is InChI=1S/C14H23OP/c15-10-13-8-4-5-9-14(13)16-11-12-6-2-1-3-7-12/h12,14,16H,1-9,11H2. The zero-order valence-electron chi connectivity index (χ0n) is 10.1. The molecule has 0 radical (unpaired) electrons. The van der Waals surface area contributed by atoms with E-state index >= 15 is 0 Å². The van der Waals surface area contributed by atoms with Crippen molar-refractivity contribution in [1.82, 2.24) is 0 Å². The van der Waals surface area contributed by atoms with Crippen molar-refractivity contribution in [3.05, 3.63) is 5.57 Å². The number of allylic oxidation sites excluding steroid dienone is 1. The Kier molecular flexibility index (Phi) is 5.07. The first kappa shape index (κ1) is 12.3. The first-order valence-corrected chi connectivity index (χ1v) is 8.16. The Morgan fingerprint density at radius 2 is 1.81 bits per heavy atom. The van der Waals surface area contributed by atoms with Crippen LogP contribution in [0.15, 0.2) is 5.57 Å². The molecule has 2 unspecified atom stereocenters. The van der Waals surface area contributed by atoms with Gasteiger partial charge < -0.3 is 0 Å². The van der Waals surface area contributed by atoms with Gasteiger partial charge >= 0.3 is 0 Å². The lowest BCUT2D eigenvalue weighted by Gasteiger charge is -2.26. The molecule has 2 aliphatic rings. The molecule has 2 fully saturated rings. The predicted octanol–water partition coefficient (Wildman–Crippen LogP) is 3.95. The number of carbonyl (C=O) groups excluding carboxylic acids is 1. The van der Waals surface area contributed by atoms with Gasteiger partial charge in [-0.1, -0.05) is 38.5 Å². The lowest BCUT2D eigenvalue weighted by Crippen LogP contribution is -2.15. The molecule has 0 aromatic rings. The highest BCUT2D eigenvalue weighted by Gasteiger charge is 2.21. The Labute approximate surface area is 101 Å². The predicted molar refractivity (Wildman–Crippen MR) is 71.2 cm³/mol. The molecule has 0 aromatic carbocycles. The number of hydrogen-bond donors (Lipinski definition) is 0. The molecule has 90 valence electrons. The molecule has 2 rings (SSSR count). The van der Waals surface area contributed by atoms with Crippen molar-refractivity contribution in [3.8, 4) is 0 Å². The van der Waals surface area contributed by atoms with Gasteiger partial charge in [-0.25, -0.2) is 4.79 Å². The van der Waals surface area contributed by atoms with E-state index in [0.717, 1.165) is 26.5 Å². The second kappa shape index (κ2) is 6.58. The molecule has 2 aliphatic carbocycles. The summed E-state index contributed by atoms with van der Waals surface area (Å²) in [4.78, 5) is 10.9. The van der Waals surface area contributed by atoms with Crippen molar-refractivity contribution in [1.29, 1.82) is 0 Å². The van der Waals surface area contributed by atoms with Gasteiger partial charge in [0.15, 0.2) is 0 Å². The van der Waals surface area contributed by atoms with Crippen LogP contribution in [0.2, 0.25) is 0 Å². The smallest absolute Gasteiger partial charge is 0.124 e. The minimum absolute atomic E-state index is 0.619. The summed E-state index contributed by atoms with van der Waals surface area (Å²) in [7, 11) is 1.000. The molecule has 0 heterocycles. The van der Waals surface area contributed by atoms with Gasteiger partial charge in [0.25, 0.3) is 0 Å². The van der Waals surface area contributed by atoms with Gasteiger partial charge in [0.1, 0.15) is 5.94 Å². The Bertz CT molecular complexity index is 262. The fraction of sp³-hybridized carbons (Fsp3) is 0.857. The molecular formula is C14H23OP. The molecule has 16 heavy (non-hydrogen) atoms. The highest BCUT2D eigenvalue weighted by Crippen LogP contribution is 2.39. The van der Waals surface area contributed by atoms with Gasteiger partial charge in [0.2, 0.25) is 0 Å². The SMILES string of the molecule is O=C=C1CCCCC1PCC1CCCCC1. The minimum atomic E-state index is 0.619. The van der Waals surface area contributed by atoms with E-state index in [2.05, 4.69) is 5.94 Å². The maximum absolute atomic E-state index is 10.9. The topological polar surface area (TPSA) is 17.1 Å². The van der Waals surface area contributed by atoms with Crippen molar-refractivity contribution in [2.75, 3.05) is 6.16 Å². The molecule has 0 aromatic heterocycles. The van der Waals surface area contributed by atoms with Crippen LogP contribution in [0, 0.1) is 5.92 Å². The second-order valence-electron chi connectivity index (χ2n) is 5.34. The summed E-state index contributed by atoms with van der Waals surface area (Å²) in [5, 5.41) is 0. The van der Waals surface area contributed by atoms with Crippen LogP contribution in [0.25, 0.3) is 0 Å². The molecule has 0 N–H and O–H groups in total. The van der Waals surface area contributed by atoms with Crippen LogP contribution in [0.1, 0.15) is 57.8 Å². The van der Waals surface area contributed by atoms with Gasteiger partial charge in [-0.15, -0.1) is 8.58 Å². The molecule has 1 nitrogen and oxygen atoms in total. The second-order valence-corrected chi connectivity index (χ2v) is 6.85. The van der Waals surface area contributed by atoms with Crippen LogP contribution in [0.5, 0.6) is 0 Å². The van der Waals surface area contributed by atoms with E-state index in [9.17, 15) is 4.79 Å². The van der Waals surface area contributed by atoms with E-state index in [4.69, 9.17) is 0 Å². The van der Waals surface area contributed by atoms with Gasteiger partial charge in [0, 0.05) is 11.2 Å². The van der Waals surface area contributed by atoms with Gasteiger partial charge in [-0.05, 0) is 31.3 Å². The molecule has 0 aliphatic heterocycles. The van der Waals surface area contributed by atoms with Crippen molar-refractivity contribution >= 4 is 14.5 Å². The Hall–Kier alpha value is -0.120. The summed E-state index contributed by atoms with van der Waals surface area (Å²) in [6, 6.07) is 0. The van der Waals surface area contributed by atoms with Crippen LogP contribution >= 0.6 is 8.58 Å². The van der Waals surface area contributed by atoms with Crippen LogP contribution < -0.4 is 0 Å². The fourth-order valence-electron chi connectivity index (χ4n) is 3.06. The van der Waals surface area contributed by atoms with E-state index < -0.39 is 0 Å². The summed E-state index contributed by atoms with van der Waals surface area (Å²) >= 11 is 0. The van der Waals surface area contributed by atoms with E-state index in [1.807, 2.05) is 0 Å². The Morgan fingerprint density at radius 3 is 2.56 bits per heavy atom. The van der Waals surface area contributed by atoms with Gasteiger partial charge in [-0.2, -0.15) is 0 Å². The summed E-state index contributed by atoms with van der Waals surface area (Å²) in [6.07, 6.45) is 13.4. The summed E-state index contributed by atoms with van der Waals surface area (Å²) in [6.45, 7) is 0. The molecule has 2 saturated carbocycles. The summed E-state index contributed by atoms with van der Waals surface area (Å²) < 4.78 is 0. The first-order valence-electron chi connectivity index (χ1n) is 6.87. The number of hydrogen-bond acceptors (Lipinski definition) is 1. The normalized spacial score (nSPS) is 28.5. The van der Waals surface area contributed by atoms with Gasteiger partial charge in [-0.3, -0.25) is 0 Å². The largest absolute Gasteiger partial charge is 0.234 e. The van der Waals surface area contributed by atoms with E-state index in [1.54, 1.807) is 0 Å². The van der Waals surface area contributed by atoms with E-state index in [1.165, 1.54) is 57.5 Å². The molecule has 2 atom stereocenters. The molecule has 2 heteroatoms. The maximum atomic E-state index is 10.9. The van der Waals surface area contributed by atoms with Crippen molar-refractivity contribution < 1.29 is 4.79 Å². The third kappa shape index (κ3) is 3.44. The van der Waals surface area contributed by atoms with E-state index in [0.29, 0.717) is 5.66 Å². The summed E-state index contributed by atoms with van der Waals surface area (Å²) in [5.74, 6) is 3.19. The monoisotopic (exact) mass is 238 g/mol. The quantitative estimate of drug-likeness (QED) is 0.537. The third-order valence-electron chi connectivity index (χ3n) is 4.12. The van der Waals surface area contributed by atoms with Crippen molar-refractivity contribution in [2.45, 2.75) is 63.4 Å². The Morgan fingerprint density at radius 1 is 1.06 bits per heavy atom. The van der Waals surface area contributed by atoms with Crippen molar-refractivity contribution in [2.24, 2.45) is 5.92 Å². The first-order chi connectivity index (χ1) is 7.90. The van der Waals surface area contributed by atoms with Gasteiger partial charge in [0.05, 0.1) is 0 Å². The van der Waals surface area contributed by atoms with Crippen molar-refractivity contribution in [3.63, 3.8) is 0 Å². The third-order valence-corrected chi connectivity index (χ3v) is 6.06. The average molecular weight is 238 g/mol. The zero-order valence-corrected chi connectivity index (χ0v) is 11.1. The van der Waals surface area contributed by atoms with Crippen LogP contribution in [0.4, 0.5) is 0 Å². The maximum Gasteiger partial charge on any atom is 0.124 e. The van der Waals surface area contributed by atoms with Crippen LogP contribution in [-0.4, -0.2) is 17.8 Å². The Balaban J connectivity index is 1.77. The zero-order chi connectivity index (χ0) is 11.2. The molecule has 0 bridgehead atoms. The van der Waals surface area contributed by atoms with Crippen LogP contribution in [0.3, 0.4) is 0 Å². The molecular weight excluding hydrogens is 215 g/mol. The molecule has 0 saturated heterocycles. The lowest BCUT2D eigenvalue weighted by molar-refractivity contribution is 0.389. The van der Waals surface area contributed by atoms with E-state index in [-0.39, 0.29) is 0 Å². The lowest BCUT2D eigenvalue weighted by atomic mass is 9.91. The number of rotatable bonds is 3. The minimum Gasteiger partial charge on any atom is -0.234 e. The summed E-state index contributed by atoms with van der Waals surface area (Å²) in [5.41, 5.74) is 1.73. The molecule has 0 amide bonds.